The molecule has 3 rings (SSSR count). The molecule has 6 heteroatoms. The van der Waals surface area contributed by atoms with Gasteiger partial charge in [-0.05, 0) is 56.2 Å². The second kappa shape index (κ2) is 6.86. The molecule has 0 aliphatic rings. The summed E-state index contributed by atoms with van der Waals surface area (Å²) in [7, 11) is 0. The molecule has 0 bridgehead atoms. The minimum atomic E-state index is -0.0999. The van der Waals surface area contributed by atoms with Crippen LogP contribution in [-0.2, 0) is 0 Å². The highest BCUT2D eigenvalue weighted by Crippen LogP contribution is 2.32. The van der Waals surface area contributed by atoms with Crippen LogP contribution in [0.25, 0.3) is 0 Å². The zero-order valence-electron chi connectivity index (χ0n) is 14.2. The van der Waals surface area contributed by atoms with Gasteiger partial charge in [-0.25, -0.2) is 4.98 Å². The fraction of sp³-hybridized carbons (Fsp3) is 0.158. The van der Waals surface area contributed by atoms with E-state index in [4.69, 9.17) is 17.3 Å². The highest BCUT2D eigenvalue weighted by molar-refractivity contribution is 7.18. The molecule has 1 heterocycles. The molecule has 0 aliphatic heterocycles. The van der Waals surface area contributed by atoms with Gasteiger partial charge >= 0.3 is 0 Å². The van der Waals surface area contributed by atoms with Crippen LogP contribution in [-0.4, -0.2) is 10.8 Å². The first kappa shape index (κ1) is 17.5. The van der Waals surface area contributed by atoms with Crippen molar-refractivity contribution in [1.82, 2.24) is 4.98 Å². The number of hydrogen-bond acceptors (Lipinski definition) is 5. The van der Waals surface area contributed by atoms with Crippen molar-refractivity contribution in [3.05, 3.63) is 68.6 Å². The van der Waals surface area contributed by atoms with Crippen molar-refractivity contribution in [1.29, 1.82) is 0 Å². The monoisotopic (exact) mass is 371 g/mol. The third kappa shape index (κ3) is 3.67. The topological polar surface area (TPSA) is 68.0 Å². The van der Waals surface area contributed by atoms with Crippen LogP contribution in [0.15, 0.2) is 36.4 Å². The second-order valence-electron chi connectivity index (χ2n) is 5.97. The third-order valence-electron chi connectivity index (χ3n) is 3.93. The SMILES string of the molecule is Cc1ccc(C)c(C(=O)c2sc(Nc3ccc(Cl)cc3C)nc2N)c1. The summed E-state index contributed by atoms with van der Waals surface area (Å²) in [5.41, 5.74) is 10.5. The quantitative estimate of drug-likeness (QED) is 0.612. The highest BCUT2D eigenvalue weighted by Gasteiger charge is 2.20. The number of nitrogens with zero attached hydrogens (tertiary/aromatic N) is 1. The van der Waals surface area contributed by atoms with Gasteiger partial charge in [-0.1, -0.05) is 40.6 Å². The summed E-state index contributed by atoms with van der Waals surface area (Å²) >= 11 is 7.24. The van der Waals surface area contributed by atoms with Crippen molar-refractivity contribution >= 4 is 45.4 Å². The van der Waals surface area contributed by atoms with Crippen molar-refractivity contribution in [2.45, 2.75) is 20.8 Å². The molecule has 128 valence electrons. The molecule has 1 aromatic heterocycles. The van der Waals surface area contributed by atoms with E-state index < -0.39 is 0 Å². The lowest BCUT2D eigenvalue weighted by molar-refractivity contribution is 0.104. The minimum absolute atomic E-state index is 0.0999. The number of halogens is 1. The first-order valence-corrected chi connectivity index (χ1v) is 8.96. The molecule has 0 amide bonds. The van der Waals surface area contributed by atoms with Crippen LogP contribution >= 0.6 is 22.9 Å². The van der Waals surface area contributed by atoms with Crippen LogP contribution in [0.2, 0.25) is 5.02 Å². The number of aromatic nitrogens is 1. The van der Waals surface area contributed by atoms with Crippen molar-refractivity contribution in [2.24, 2.45) is 0 Å². The number of nitrogens with one attached hydrogen (secondary N) is 1. The van der Waals surface area contributed by atoms with Gasteiger partial charge in [0, 0.05) is 16.3 Å². The Hall–Kier alpha value is -2.37. The smallest absolute Gasteiger partial charge is 0.207 e. The Kier molecular flexibility index (Phi) is 4.79. The summed E-state index contributed by atoms with van der Waals surface area (Å²) in [4.78, 5) is 17.6. The summed E-state index contributed by atoms with van der Waals surface area (Å²) in [6.07, 6.45) is 0. The molecular weight excluding hydrogens is 354 g/mol. The molecule has 3 aromatic rings. The van der Waals surface area contributed by atoms with Crippen molar-refractivity contribution < 1.29 is 4.79 Å². The Morgan fingerprint density at radius 1 is 1.12 bits per heavy atom. The van der Waals surface area contributed by atoms with Gasteiger partial charge in [0.25, 0.3) is 0 Å². The summed E-state index contributed by atoms with van der Waals surface area (Å²) in [6, 6.07) is 11.3. The standard InChI is InChI=1S/C19H18ClN3OS/c1-10-4-5-11(2)14(8-10)16(24)17-18(21)23-19(25-17)22-15-7-6-13(20)9-12(15)3/h4-9H,21H2,1-3H3,(H,22,23). The number of nitrogen functional groups attached to an aromatic ring is 1. The number of nitrogens with two attached hydrogens (primary N) is 1. The lowest BCUT2D eigenvalue weighted by Gasteiger charge is -2.06. The maximum absolute atomic E-state index is 12.9. The first-order valence-electron chi connectivity index (χ1n) is 7.76. The average Bonchev–Trinajstić information content (AvgIpc) is 2.92. The van der Waals surface area contributed by atoms with Gasteiger partial charge in [-0.3, -0.25) is 4.79 Å². The number of aryl methyl sites for hydroxylation is 3. The highest BCUT2D eigenvalue weighted by atomic mass is 35.5. The van der Waals surface area contributed by atoms with Gasteiger partial charge in [0.1, 0.15) is 10.7 Å². The van der Waals surface area contributed by atoms with E-state index in [1.54, 1.807) is 6.07 Å². The number of thiazole rings is 1. The zero-order valence-corrected chi connectivity index (χ0v) is 15.8. The number of hydrogen-bond donors (Lipinski definition) is 2. The molecule has 0 fully saturated rings. The largest absolute Gasteiger partial charge is 0.382 e. The van der Waals surface area contributed by atoms with E-state index >= 15 is 0 Å². The van der Waals surface area contributed by atoms with Crippen LogP contribution < -0.4 is 11.1 Å². The fourth-order valence-corrected chi connectivity index (χ4v) is 3.61. The van der Waals surface area contributed by atoms with E-state index in [9.17, 15) is 4.79 Å². The molecule has 25 heavy (non-hydrogen) atoms. The number of anilines is 3. The molecule has 0 unspecified atom stereocenters. The van der Waals surface area contributed by atoms with Gasteiger partial charge < -0.3 is 11.1 Å². The van der Waals surface area contributed by atoms with Crippen LogP contribution in [0.3, 0.4) is 0 Å². The second-order valence-corrected chi connectivity index (χ2v) is 7.40. The molecule has 0 aliphatic carbocycles. The lowest BCUT2D eigenvalue weighted by Crippen LogP contribution is -2.05. The van der Waals surface area contributed by atoms with E-state index in [1.807, 2.05) is 51.1 Å². The number of carbonyl (C=O) groups excluding carboxylic acids is 1. The summed E-state index contributed by atoms with van der Waals surface area (Å²) < 4.78 is 0. The maximum atomic E-state index is 12.9. The Morgan fingerprint density at radius 3 is 2.60 bits per heavy atom. The Labute approximate surface area is 155 Å². The number of carbonyl (C=O) groups is 1. The third-order valence-corrected chi connectivity index (χ3v) is 5.15. The van der Waals surface area contributed by atoms with E-state index in [0.717, 1.165) is 22.4 Å². The van der Waals surface area contributed by atoms with Crippen molar-refractivity contribution in [3.8, 4) is 0 Å². The molecule has 0 saturated heterocycles. The number of ketones is 1. The summed E-state index contributed by atoms with van der Waals surface area (Å²) in [5, 5.41) is 4.46. The van der Waals surface area contributed by atoms with E-state index in [2.05, 4.69) is 10.3 Å². The zero-order chi connectivity index (χ0) is 18.1. The predicted molar refractivity (Wildman–Crippen MR) is 105 cm³/mol. The molecule has 0 radical (unpaired) electrons. The van der Waals surface area contributed by atoms with Crippen LogP contribution in [0.5, 0.6) is 0 Å². The lowest BCUT2D eigenvalue weighted by atomic mass is 10.0. The summed E-state index contributed by atoms with van der Waals surface area (Å²) in [5.74, 6) is 0.141. The van der Waals surface area contributed by atoms with E-state index in [-0.39, 0.29) is 11.6 Å². The van der Waals surface area contributed by atoms with Crippen LogP contribution in [0.4, 0.5) is 16.6 Å². The van der Waals surface area contributed by atoms with Gasteiger partial charge in [0.05, 0.1) is 0 Å². The normalized spacial score (nSPS) is 10.7. The van der Waals surface area contributed by atoms with Crippen molar-refractivity contribution in [2.75, 3.05) is 11.1 Å². The van der Waals surface area contributed by atoms with Gasteiger partial charge in [-0.2, -0.15) is 0 Å². The van der Waals surface area contributed by atoms with Gasteiger partial charge in [0.15, 0.2) is 5.13 Å². The van der Waals surface area contributed by atoms with Gasteiger partial charge in [0.2, 0.25) is 5.78 Å². The molecule has 0 atom stereocenters. The number of rotatable bonds is 4. The molecule has 4 nitrogen and oxygen atoms in total. The Balaban J connectivity index is 1.92. The molecular formula is C19H18ClN3OS. The molecule has 0 saturated carbocycles. The fourth-order valence-electron chi connectivity index (χ4n) is 2.53. The van der Waals surface area contributed by atoms with Crippen LogP contribution in [0, 0.1) is 20.8 Å². The minimum Gasteiger partial charge on any atom is -0.382 e. The first-order chi connectivity index (χ1) is 11.8. The Morgan fingerprint density at radius 2 is 1.88 bits per heavy atom. The molecule has 2 aromatic carbocycles. The molecule has 0 spiro atoms. The van der Waals surface area contributed by atoms with E-state index in [0.29, 0.717) is 20.6 Å². The predicted octanol–water partition coefficient (Wildman–Crippen LogP) is 5.28. The van der Waals surface area contributed by atoms with Gasteiger partial charge in [-0.15, -0.1) is 0 Å². The summed E-state index contributed by atoms with van der Waals surface area (Å²) in [6.45, 7) is 5.83. The number of benzene rings is 2. The Bertz CT molecular complexity index is 965. The molecule has 3 N–H and O–H groups in total. The average molecular weight is 372 g/mol. The van der Waals surface area contributed by atoms with Crippen LogP contribution in [0.1, 0.15) is 31.9 Å². The van der Waals surface area contributed by atoms with Crippen molar-refractivity contribution in [3.63, 3.8) is 0 Å². The van der Waals surface area contributed by atoms with E-state index in [1.165, 1.54) is 11.3 Å². The maximum Gasteiger partial charge on any atom is 0.207 e.